The van der Waals surface area contributed by atoms with E-state index in [1.807, 2.05) is 25.4 Å². The highest BCUT2D eigenvalue weighted by Gasteiger charge is 2.28. The Bertz CT molecular complexity index is 570. The van der Waals surface area contributed by atoms with Crippen LogP contribution in [0.15, 0.2) is 42.7 Å². The van der Waals surface area contributed by atoms with E-state index in [-0.39, 0.29) is 12.1 Å². The minimum atomic E-state index is 0.253. The number of hydrogen-bond acceptors (Lipinski definition) is 4. The van der Waals surface area contributed by atoms with Crippen LogP contribution in [0.2, 0.25) is 0 Å². The minimum Gasteiger partial charge on any atom is -0.375 e. The molecule has 0 bridgehead atoms. The highest BCUT2D eigenvalue weighted by Crippen LogP contribution is 2.27. The molecular weight excluding hydrogens is 262 g/mol. The summed E-state index contributed by atoms with van der Waals surface area (Å²) in [6, 6.07) is 10.8. The number of aryl methyl sites for hydroxylation is 1. The monoisotopic (exact) mass is 283 g/mol. The zero-order valence-corrected chi connectivity index (χ0v) is 12.6. The van der Waals surface area contributed by atoms with Crippen molar-refractivity contribution in [1.29, 1.82) is 0 Å². The van der Waals surface area contributed by atoms with E-state index in [4.69, 9.17) is 4.74 Å². The quantitative estimate of drug-likeness (QED) is 0.868. The third kappa shape index (κ3) is 3.46. The number of benzene rings is 1. The molecule has 0 N–H and O–H groups in total. The molecule has 2 unspecified atom stereocenters. The van der Waals surface area contributed by atoms with Crippen LogP contribution >= 0.6 is 0 Å². The Hall–Kier alpha value is -1.78. The van der Waals surface area contributed by atoms with Crippen molar-refractivity contribution in [2.24, 2.45) is 0 Å². The van der Waals surface area contributed by atoms with Gasteiger partial charge in [-0.1, -0.05) is 30.3 Å². The van der Waals surface area contributed by atoms with Gasteiger partial charge in [-0.15, -0.1) is 0 Å². The lowest BCUT2D eigenvalue weighted by Gasteiger charge is -2.38. The zero-order valence-electron chi connectivity index (χ0n) is 12.6. The van der Waals surface area contributed by atoms with Crippen molar-refractivity contribution in [2.45, 2.75) is 32.5 Å². The molecule has 0 spiro atoms. The van der Waals surface area contributed by atoms with Crippen LogP contribution in [0.4, 0.5) is 0 Å². The second-order valence-electron chi connectivity index (χ2n) is 5.65. The van der Waals surface area contributed by atoms with Gasteiger partial charge in [0.2, 0.25) is 0 Å². The van der Waals surface area contributed by atoms with Gasteiger partial charge in [-0.2, -0.15) is 0 Å². The fraction of sp³-hybridized carbons (Fsp3) is 0.412. The number of morpholine rings is 1. The molecule has 1 aliphatic heterocycles. The number of hydrogen-bond donors (Lipinski definition) is 0. The highest BCUT2D eigenvalue weighted by atomic mass is 16.5. The number of aromatic nitrogens is 2. The molecule has 2 aromatic rings. The number of nitrogens with zero attached hydrogens (tertiary/aromatic N) is 3. The van der Waals surface area contributed by atoms with Gasteiger partial charge >= 0.3 is 0 Å². The molecular formula is C17H21N3O. The van der Waals surface area contributed by atoms with Crippen LogP contribution in [0.3, 0.4) is 0 Å². The smallest absolute Gasteiger partial charge is 0.0727 e. The standard InChI is InChI=1S/C17H21N3O/c1-13-8-19-16(9-18-13)11-20-10-14(2)21-12-17(20)15-6-4-3-5-7-15/h3-9,14,17H,10-12H2,1-2H3. The summed E-state index contributed by atoms with van der Waals surface area (Å²) in [6.45, 7) is 6.52. The summed E-state index contributed by atoms with van der Waals surface area (Å²) in [6.07, 6.45) is 3.96. The Labute approximate surface area is 125 Å². The molecule has 4 nitrogen and oxygen atoms in total. The molecule has 1 aliphatic rings. The first-order valence-corrected chi connectivity index (χ1v) is 7.40. The summed E-state index contributed by atoms with van der Waals surface area (Å²) in [4.78, 5) is 11.3. The van der Waals surface area contributed by atoms with Gasteiger partial charge in [0.15, 0.2) is 0 Å². The number of rotatable bonds is 3. The lowest BCUT2D eigenvalue weighted by molar-refractivity contribution is -0.0602. The predicted octanol–water partition coefficient (Wildman–Crippen LogP) is 2.75. The van der Waals surface area contributed by atoms with E-state index in [1.54, 1.807) is 0 Å². The Balaban J connectivity index is 1.80. The van der Waals surface area contributed by atoms with Crippen molar-refractivity contribution in [3.05, 3.63) is 59.7 Å². The Morgan fingerprint density at radius 2 is 2.00 bits per heavy atom. The minimum absolute atomic E-state index is 0.253. The molecule has 1 fully saturated rings. The first-order valence-electron chi connectivity index (χ1n) is 7.40. The summed E-state index contributed by atoms with van der Waals surface area (Å²) in [5.41, 5.74) is 3.26. The van der Waals surface area contributed by atoms with Gasteiger partial charge in [-0.3, -0.25) is 14.9 Å². The maximum atomic E-state index is 5.85. The van der Waals surface area contributed by atoms with Crippen molar-refractivity contribution < 1.29 is 4.74 Å². The van der Waals surface area contributed by atoms with Gasteiger partial charge in [0, 0.05) is 25.5 Å². The second-order valence-corrected chi connectivity index (χ2v) is 5.65. The average Bonchev–Trinajstić information content (AvgIpc) is 2.51. The molecule has 3 rings (SSSR count). The average molecular weight is 283 g/mol. The fourth-order valence-electron chi connectivity index (χ4n) is 2.74. The second kappa shape index (κ2) is 6.33. The summed E-state index contributed by atoms with van der Waals surface area (Å²) >= 11 is 0. The van der Waals surface area contributed by atoms with E-state index in [0.717, 1.165) is 31.1 Å². The summed E-state index contributed by atoms with van der Waals surface area (Å²) in [5.74, 6) is 0. The van der Waals surface area contributed by atoms with E-state index in [9.17, 15) is 0 Å². The summed E-state index contributed by atoms with van der Waals surface area (Å²) in [5, 5.41) is 0. The molecule has 1 saturated heterocycles. The largest absolute Gasteiger partial charge is 0.375 e. The predicted molar refractivity (Wildman–Crippen MR) is 81.8 cm³/mol. The van der Waals surface area contributed by atoms with Crippen LogP contribution in [0, 0.1) is 6.92 Å². The maximum Gasteiger partial charge on any atom is 0.0727 e. The third-order valence-corrected chi connectivity index (χ3v) is 3.85. The van der Waals surface area contributed by atoms with Crippen LogP contribution in [0.1, 0.15) is 29.9 Å². The van der Waals surface area contributed by atoms with Crippen LogP contribution < -0.4 is 0 Å². The van der Waals surface area contributed by atoms with E-state index < -0.39 is 0 Å². The summed E-state index contributed by atoms with van der Waals surface area (Å²) in [7, 11) is 0. The Morgan fingerprint density at radius 3 is 2.71 bits per heavy atom. The lowest BCUT2D eigenvalue weighted by Crippen LogP contribution is -2.43. The lowest BCUT2D eigenvalue weighted by atomic mass is 10.0. The van der Waals surface area contributed by atoms with E-state index in [2.05, 4.69) is 46.1 Å². The van der Waals surface area contributed by atoms with Gasteiger partial charge in [-0.05, 0) is 19.4 Å². The van der Waals surface area contributed by atoms with Gasteiger partial charge < -0.3 is 4.74 Å². The van der Waals surface area contributed by atoms with E-state index in [1.165, 1.54) is 5.56 Å². The van der Waals surface area contributed by atoms with Gasteiger partial charge in [0.1, 0.15) is 0 Å². The fourth-order valence-corrected chi connectivity index (χ4v) is 2.74. The van der Waals surface area contributed by atoms with Crippen LogP contribution in [0.25, 0.3) is 0 Å². The molecule has 0 saturated carbocycles. The molecule has 21 heavy (non-hydrogen) atoms. The van der Waals surface area contributed by atoms with Crippen molar-refractivity contribution >= 4 is 0 Å². The van der Waals surface area contributed by atoms with E-state index >= 15 is 0 Å². The maximum absolute atomic E-state index is 5.85. The molecule has 0 aliphatic carbocycles. The van der Waals surface area contributed by atoms with Crippen LogP contribution in [-0.2, 0) is 11.3 Å². The molecule has 2 heterocycles. The molecule has 4 heteroatoms. The first-order chi connectivity index (χ1) is 10.2. The Kier molecular flexibility index (Phi) is 4.27. The Morgan fingerprint density at radius 1 is 1.19 bits per heavy atom. The molecule has 0 radical (unpaired) electrons. The van der Waals surface area contributed by atoms with Crippen molar-refractivity contribution in [1.82, 2.24) is 14.9 Å². The van der Waals surface area contributed by atoms with Crippen molar-refractivity contribution in [3.63, 3.8) is 0 Å². The van der Waals surface area contributed by atoms with Crippen LogP contribution in [-0.4, -0.2) is 34.1 Å². The van der Waals surface area contributed by atoms with Crippen molar-refractivity contribution in [2.75, 3.05) is 13.2 Å². The summed E-state index contributed by atoms with van der Waals surface area (Å²) < 4.78 is 5.85. The topological polar surface area (TPSA) is 38.2 Å². The SMILES string of the molecule is Cc1cnc(CN2CC(C)OCC2c2ccccc2)cn1. The zero-order chi connectivity index (χ0) is 14.7. The molecule has 2 atom stereocenters. The third-order valence-electron chi connectivity index (χ3n) is 3.85. The molecule has 1 aromatic carbocycles. The van der Waals surface area contributed by atoms with Gasteiger partial charge in [0.05, 0.1) is 30.1 Å². The molecule has 1 aromatic heterocycles. The normalized spacial score (nSPS) is 23.1. The van der Waals surface area contributed by atoms with Gasteiger partial charge in [-0.25, -0.2) is 0 Å². The molecule has 0 amide bonds. The van der Waals surface area contributed by atoms with E-state index in [0.29, 0.717) is 0 Å². The van der Waals surface area contributed by atoms with Gasteiger partial charge in [0.25, 0.3) is 0 Å². The van der Waals surface area contributed by atoms with Crippen LogP contribution in [0.5, 0.6) is 0 Å². The highest BCUT2D eigenvalue weighted by molar-refractivity contribution is 5.20. The molecule has 110 valence electrons. The first kappa shape index (κ1) is 14.2. The number of ether oxygens (including phenoxy) is 1. The van der Waals surface area contributed by atoms with Crippen molar-refractivity contribution in [3.8, 4) is 0 Å².